The number of aryl methyl sites for hydroxylation is 1. The second kappa shape index (κ2) is 5.25. The van der Waals surface area contributed by atoms with Gasteiger partial charge in [-0.05, 0) is 31.2 Å². The molecule has 1 aromatic heterocycles. The Hall–Kier alpha value is -2.88. The highest BCUT2D eigenvalue weighted by Crippen LogP contribution is 2.23. The minimum Gasteiger partial charge on any atom is -0.398 e. The number of aromatic nitrogens is 1. The van der Waals surface area contributed by atoms with Crippen molar-refractivity contribution in [3.8, 4) is 0 Å². The van der Waals surface area contributed by atoms with Crippen LogP contribution in [0, 0.1) is 6.92 Å². The molecule has 0 aliphatic carbocycles. The van der Waals surface area contributed by atoms with Crippen LogP contribution in [-0.2, 0) is 0 Å². The van der Waals surface area contributed by atoms with Crippen molar-refractivity contribution in [1.29, 1.82) is 0 Å². The first-order chi connectivity index (χ1) is 10.1. The molecule has 0 aliphatic rings. The van der Waals surface area contributed by atoms with Gasteiger partial charge in [0.15, 0.2) is 0 Å². The Bertz CT molecular complexity index is 827. The summed E-state index contributed by atoms with van der Waals surface area (Å²) in [4.78, 5) is 16.8. The van der Waals surface area contributed by atoms with E-state index >= 15 is 0 Å². The highest BCUT2D eigenvalue weighted by Gasteiger charge is 2.11. The average molecular weight is 277 g/mol. The van der Waals surface area contributed by atoms with Gasteiger partial charge in [-0.3, -0.25) is 9.78 Å². The summed E-state index contributed by atoms with van der Waals surface area (Å²) in [5.74, 6) is -0.232. The third kappa shape index (κ3) is 2.56. The Morgan fingerprint density at radius 2 is 1.86 bits per heavy atom. The maximum atomic E-state index is 12.3. The Kier molecular flexibility index (Phi) is 3.28. The number of amides is 1. The van der Waals surface area contributed by atoms with Crippen molar-refractivity contribution in [3.63, 3.8) is 0 Å². The molecule has 3 N–H and O–H groups in total. The number of nitrogens with zero attached hydrogens (tertiary/aromatic N) is 1. The molecule has 2 aromatic carbocycles. The van der Waals surface area contributed by atoms with Crippen LogP contribution in [0.2, 0.25) is 0 Å². The number of nitrogen functional groups attached to an aromatic ring is 1. The van der Waals surface area contributed by atoms with E-state index in [0.717, 1.165) is 16.6 Å². The van der Waals surface area contributed by atoms with Crippen LogP contribution in [0.15, 0.2) is 54.6 Å². The van der Waals surface area contributed by atoms with Crippen LogP contribution < -0.4 is 11.1 Å². The number of rotatable bonds is 2. The molecule has 0 saturated carbocycles. The van der Waals surface area contributed by atoms with Crippen LogP contribution in [0.5, 0.6) is 0 Å². The maximum absolute atomic E-state index is 12.3. The van der Waals surface area contributed by atoms with Crippen molar-refractivity contribution in [2.75, 3.05) is 11.1 Å². The molecule has 0 saturated heterocycles. The number of hydrogen-bond acceptors (Lipinski definition) is 3. The molecule has 0 aliphatic heterocycles. The number of anilines is 2. The molecule has 21 heavy (non-hydrogen) atoms. The lowest BCUT2D eigenvalue weighted by molar-refractivity contribution is 0.102. The van der Waals surface area contributed by atoms with Crippen molar-refractivity contribution in [2.24, 2.45) is 0 Å². The van der Waals surface area contributed by atoms with Crippen molar-refractivity contribution >= 4 is 28.2 Å². The Morgan fingerprint density at radius 3 is 2.67 bits per heavy atom. The molecule has 4 heteroatoms. The molecule has 0 atom stereocenters. The fourth-order valence-corrected chi connectivity index (χ4v) is 2.24. The molecule has 0 unspecified atom stereocenters. The molecule has 1 heterocycles. The third-order valence-corrected chi connectivity index (χ3v) is 3.31. The van der Waals surface area contributed by atoms with Crippen LogP contribution in [0.1, 0.15) is 16.1 Å². The Labute approximate surface area is 122 Å². The number of pyridine rings is 1. The number of nitrogens with one attached hydrogen (secondary N) is 1. The first-order valence-electron chi connectivity index (χ1n) is 6.67. The second-order valence-corrected chi connectivity index (χ2v) is 4.87. The summed E-state index contributed by atoms with van der Waals surface area (Å²) in [5.41, 5.74) is 9.12. The predicted octanol–water partition coefficient (Wildman–Crippen LogP) is 3.38. The van der Waals surface area contributed by atoms with E-state index < -0.39 is 0 Å². The molecule has 0 spiro atoms. The van der Waals surface area contributed by atoms with E-state index in [0.29, 0.717) is 16.9 Å². The quantitative estimate of drug-likeness (QED) is 0.706. The van der Waals surface area contributed by atoms with Gasteiger partial charge in [0.25, 0.3) is 5.91 Å². The molecular weight excluding hydrogens is 262 g/mol. The summed E-state index contributed by atoms with van der Waals surface area (Å²) in [6.45, 7) is 1.92. The average Bonchev–Trinajstić information content (AvgIpc) is 2.48. The predicted molar refractivity (Wildman–Crippen MR) is 85.3 cm³/mol. The minimum atomic E-state index is -0.232. The van der Waals surface area contributed by atoms with E-state index in [2.05, 4.69) is 10.3 Å². The van der Waals surface area contributed by atoms with Crippen molar-refractivity contribution in [3.05, 3.63) is 65.9 Å². The number of benzene rings is 2. The summed E-state index contributed by atoms with van der Waals surface area (Å²) in [6.07, 6.45) is 0. The van der Waals surface area contributed by atoms with Gasteiger partial charge in [-0.15, -0.1) is 0 Å². The van der Waals surface area contributed by atoms with Crippen molar-refractivity contribution < 1.29 is 4.79 Å². The SMILES string of the molecule is Cc1ccc2cccc(NC(=O)c3ccccc3N)c2n1. The van der Waals surface area contributed by atoms with Crippen LogP contribution in [0.25, 0.3) is 10.9 Å². The van der Waals surface area contributed by atoms with Gasteiger partial charge in [-0.25, -0.2) is 0 Å². The fraction of sp³-hybridized carbons (Fsp3) is 0.0588. The molecule has 0 radical (unpaired) electrons. The summed E-state index contributed by atoms with van der Waals surface area (Å²) in [6, 6.07) is 16.6. The van der Waals surface area contributed by atoms with Crippen LogP contribution in [0.4, 0.5) is 11.4 Å². The highest BCUT2D eigenvalue weighted by molar-refractivity contribution is 6.10. The van der Waals surface area contributed by atoms with E-state index in [-0.39, 0.29) is 5.91 Å². The first-order valence-corrected chi connectivity index (χ1v) is 6.67. The van der Waals surface area contributed by atoms with Gasteiger partial charge in [0.1, 0.15) is 0 Å². The molecule has 0 bridgehead atoms. The molecule has 4 nitrogen and oxygen atoms in total. The lowest BCUT2D eigenvalue weighted by Gasteiger charge is -2.10. The zero-order valence-corrected chi connectivity index (χ0v) is 11.6. The fourth-order valence-electron chi connectivity index (χ4n) is 2.24. The normalized spacial score (nSPS) is 10.5. The third-order valence-electron chi connectivity index (χ3n) is 3.31. The first kappa shape index (κ1) is 13.1. The van der Waals surface area contributed by atoms with Crippen LogP contribution in [-0.4, -0.2) is 10.9 Å². The molecule has 104 valence electrons. The summed E-state index contributed by atoms with van der Waals surface area (Å²) in [7, 11) is 0. The largest absolute Gasteiger partial charge is 0.398 e. The van der Waals surface area contributed by atoms with E-state index in [1.807, 2.05) is 37.3 Å². The Morgan fingerprint density at radius 1 is 1.05 bits per heavy atom. The van der Waals surface area contributed by atoms with E-state index in [1.54, 1.807) is 24.3 Å². The minimum absolute atomic E-state index is 0.232. The second-order valence-electron chi connectivity index (χ2n) is 4.87. The lowest BCUT2D eigenvalue weighted by atomic mass is 10.1. The zero-order chi connectivity index (χ0) is 14.8. The lowest BCUT2D eigenvalue weighted by Crippen LogP contribution is -2.14. The topological polar surface area (TPSA) is 68.0 Å². The summed E-state index contributed by atoms with van der Waals surface area (Å²) in [5, 5.41) is 3.87. The van der Waals surface area contributed by atoms with E-state index in [1.165, 1.54) is 0 Å². The summed E-state index contributed by atoms with van der Waals surface area (Å²) < 4.78 is 0. The smallest absolute Gasteiger partial charge is 0.257 e. The van der Waals surface area contributed by atoms with Gasteiger partial charge in [-0.2, -0.15) is 0 Å². The Balaban J connectivity index is 2.00. The van der Waals surface area contributed by atoms with Gasteiger partial charge in [0.05, 0.1) is 16.8 Å². The standard InChI is InChI=1S/C17H15N3O/c1-11-9-10-12-5-4-8-15(16(12)19-11)20-17(21)13-6-2-3-7-14(13)18/h2-10H,18H2,1H3,(H,20,21). The van der Waals surface area contributed by atoms with Gasteiger partial charge >= 0.3 is 0 Å². The molecular formula is C17H15N3O. The summed E-state index contributed by atoms with van der Waals surface area (Å²) >= 11 is 0. The van der Waals surface area contributed by atoms with Crippen LogP contribution >= 0.6 is 0 Å². The van der Waals surface area contributed by atoms with E-state index in [9.17, 15) is 4.79 Å². The molecule has 3 aromatic rings. The molecule has 3 rings (SSSR count). The monoisotopic (exact) mass is 277 g/mol. The highest BCUT2D eigenvalue weighted by atomic mass is 16.1. The molecule has 0 fully saturated rings. The molecule has 1 amide bonds. The van der Waals surface area contributed by atoms with Gasteiger partial charge in [0, 0.05) is 16.8 Å². The number of hydrogen-bond donors (Lipinski definition) is 2. The number of para-hydroxylation sites is 2. The zero-order valence-electron chi connectivity index (χ0n) is 11.6. The number of carbonyl (C=O) groups excluding carboxylic acids is 1. The van der Waals surface area contributed by atoms with Gasteiger partial charge < -0.3 is 11.1 Å². The number of carbonyl (C=O) groups is 1. The van der Waals surface area contributed by atoms with Gasteiger partial charge in [-0.1, -0.05) is 30.3 Å². The van der Waals surface area contributed by atoms with Crippen molar-refractivity contribution in [1.82, 2.24) is 4.98 Å². The van der Waals surface area contributed by atoms with E-state index in [4.69, 9.17) is 5.73 Å². The number of nitrogens with two attached hydrogens (primary N) is 1. The van der Waals surface area contributed by atoms with Crippen LogP contribution in [0.3, 0.4) is 0 Å². The number of fused-ring (bicyclic) bond motifs is 1. The van der Waals surface area contributed by atoms with Gasteiger partial charge in [0.2, 0.25) is 0 Å². The van der Waals surface area contributed by atoms with Crippen molar-refractivity contribution in [2.45, 2.75) is 6.92 Å². The maximum Gasteiger partial charge on any atom is 0.257 e.